The van der Waals surface area contributed by atoms with E-state index in [9.17, 15) is 29.1 Å². The zero-order chi connectivity index (χ0) is 29.8. The SMILES string of the molecule is CSCCC(NC(=O)C(CC(C)C)NC(=O)C(N)CCC(N)=O)C(=O)NC(Cc1c[nH]c2ccccc12)C(=O)O. The standard InChI is InChI=1S/C27H40N6O6S/c1-15(2)12-21(32-24(35)18(28)8-9-23(29)34)26(37)31-20(10-11-40-3)25(36)33-22(27(38)39)13-16-14-30-19-7-5-4-6-17(16)19/h4-7,14-15,18,20-22,30H,8-13,28H2,1-3H3,(H2,29,34)(H,31,37)(H,32,35)(H,33,36)(H,38,39). The Morgan fingerprint density at radius 2 is 1.57 bits per heavy atom. The molecule has 4 amide bonds. The number of rotatable bonds is 17. The van der Waals surface area contributed by atoms with Crippen molar-refractivity contribution in [3.05, 3.63) is 36.0 Å². The molecule has 0 fully saturated rings. The quantitative estimate of drug-likeness (QED) is 0.142. The van der Waals surface area contributed by atoms with Gasteiger partial charge in [0.25, 0.3) is 0 Å². The van der Waals surface area contributed by atoms with Gasteiger partial charge in [-0.25, -0.2) is 4.79 Å². The number of primary amides is 1. The number of thioether (sulfide) groups is 1. The fourth-order valence-electron chi connectivity index (χ4n) is 4.18. The number of amides is 4. The van der Waals surface area contributed by atoms with Gasteiger partial charge in [-0.1, -0.05) is 32.0 Å². The maximum absolute atomic E-state index is 13.3. The highest BCUT2D eigenvalue weighted by molar-refractivity contribution is 7.98. The number of nitrogens with one attached hydrogen (secondary N) is 4. The number of nitrogens with two attached hydrogens (primary N) is 2. The fourth-order valence-corrected chi connectivity index (χ4v) is 4.65. The van der Waals surface area contributed by atoms with Crippen molar-refractivity contribution in [2.75, 3.05) is 12.0 Å². The molecular weight excluding hydrogens is 536 g/mol. The van der Waals surface area contributed by atoms with Crippen LogP contribution in [0, 0.1) is 5.92 Å². The number of aromatic nitrogens is 1. The second kappa shape index (κ2) is 15.9. The third-order valence-corrected chi connectivity index (χ3v) is 6.98. The van der Waals surface area contributed by atoms with Gasteiger partial charge in [0.2, 0.25) is 23.6 Å². The van der Waals surface area contributed by atoms with Gasteiger partial charge in [-0.15, -0.1) is 0 Å². The summed E-state index contributed by atoms with van der Waals surface area (Å²) in [5.74, 6) is -3.09. The lowest BCUT2D eigenvalue weighted by Gasteiger charge is -2.26. The van der Waals surface area contributed by atoms with E-state index >= 15 is 0 Å². The number of carboxylic acids is 1. The molecule has 2 aromatic rings. The minimum absolute atomic E-state index is 0.0175. The molecule has 0 radical (unpaired) electrons. The number of aromatic amines is 1. The van der Waals surface area contributed by atoms with E-state index < -0.39 is 53.8 Å². The molecule has 9 N–H and O–H groups in total. The molecule has 0 saturated heterocycles. The summed E-state index contributed by atoms with van der Waals surface area (Å²) in [5, 5.41) is 18.6. The van der Waals surface area contributed by atoms with Gasteiger partial charge in [-0.3, -0.25) is 19.2 Å². The molecule has 4 unspecified atom stereocenters. The molecule has 2 rings (SSSR count). The van der Waals surface area contributed by atoms with Crippen LogP contribution in [0.2, 0.25) is 0 Å². The predicted molar refractivity (Wildman–Crippen MR) is 154 cm³/mol. The molecule has 0 spiro atoms. The number of H-pyrrole nitrogens is 1. The van der Waals surface area contributed by atoms with Crippen LogP contribution in [-0.4, -0.2) is 75.9 Å². The highest BCUT2D eigenvalue weighted by atomic mass is 32.2. The number of benzene rings is 1. The van der Waals surface area contributed by atoms with Gasteiger partial charge >= 0.3 is 5.97 Å². The van der Waals surface area contributed by atoms with Crippen LogP contribution in [0.1, 0.15) is 45.1 Å². The molecule has 40 heavy (non-hydrogen) atoms. The Balaban J connectivity index is 2.15. The van der Waals surface area contributed by atoms with Crippen molar-refractivity contribution < 1.29 is 29.1 Å². The Morgan fingerprint density at radius 1 is 0.950 bits per heavy atom. The van der Waals surface area contributed by atoms with Crippen molar-refractivity contribution in [3.63, 3.8) is 0 Å². The topological polar surface area (TPSA) is 209 Å². The summed E-state index contributed by atoms with van der Waals surface area (Å²) in [7, 11) is 0. The smallest absolute Gasteiger partial charge is 0.326 e. The van der Waals surface area contributed by atoms with Crippen LogP contribution in [0.25, 0.3) is 10.9 Å². The lowest BCUT2D eigenvalue weighted by molar-refractivity contribution is -0.142. The molecule has 12 nitrogen and oxygen atoms in total. The van der Waals surface area contributed by atoms with Gasteiger partial charge < -0.3 is 37.5 Å². The number of carbonyl (C=O) groups excluding carboxylic acids is 4. The van der Waals surface area contributed by atoms with Gasteiger partial charge in [0, 0.05) is 29.9 Å². The van der Waals surface area contributed by atoms with E-state index in [1.54, 1.807) is 6.20 Å². The number of para-hydroxylation sites is 1. The average molecular weight is 577 g/mol. The zero-order valence-corrected chi connectivity index (χ0v) is 23.9. The highest BCUT2D eigenvalue weighted by Crippen LogP contribution is 2.19. The molecule has 13 heteroatoms. The molecule has 0 aliphatic heterocycles. The second-order valence-corrected chi connectivity index (χ2v) is 11.1. The lowest BCUT2D eigenvalue weighted by atomic mass is 10.0. The van der Waals surface area contributed by atoms with E-state index in [1.807, 2.05) is 44.4 Å². The summed E-state index contributed by atoms with van der Waals surface area (Å²) in [6.07, 6.45) is 4.09. The molecule has 220 valence electrons. The summed E-state index contributed by atoms with van der Waals surface area (Å²) in [6, 6.07) is 3.17. The number of aliphatic carboxylic acids is 1. The van der Waals surface area contributed by atoms with Crippen molar-refractivity contribution in [2.45, 2.75) is 70.1 Å². The van der Waals surface area contributed by atoms with E-state index in [2.05, 4.69) is 20.9 Å². The minimum atomic E-state index is -1.23. The Kier molecular flexibility index (Phi) is 12.9. The van der Waals surface area contributed by atoms with Crippen LogP contribution < -0.4 is 27.4 Å². The maximum atomic E-state index is 13.3. The third kappa shape index (κ3) is 10.2. The molecule has 4 atom stereocenters. The molecular formula is C27H40N6O6S. The van der Waals surface area contributed by atoms with E-state index in [0.29, 0.717) is 5.75 Å². The molecule has 1 aromatic carbocycles. The Morgan fingerprint density at radius 3 is 2.20 bits per heavy atom. The van der Waals surface area contributed by atoms with Crippen LogP contribution >= 0.6 is 11.8 Å². The predicted octanol–water partition coefficient (Wildman–Crippen LogP) is 0.641. The van der Waals surface area contributed by atoms with Crippen molar-refractivity contribution >= 4 is 52.3 Å². The second-order valence-electron chi connectivity index (χ2n) is 10.1. The molecule has 0 bridgehead atoms. The first-order valence-electron chi connectivity index (χ1n) is 13.1. The fraction of sp³-hybridized carbons (Fsp3) is 0.519. The summed E-state index contributed by atoms with van der Waals surface area (Å²) in [4.78, 5) is 65.3. The number of hydrogen-bond donors (Lipinski definition) is 7. The molecule has 0 aliphatic carbocycles. The van der Waals surface area contributed by atoms with Gasteiger partial charge in [0.15, 0.2) is 0 Å². The summed E-state index contributed by atoms with van der Waals surface area (Å²) < 4.78 is 0. The van der Waals surface area contributed by atoms with Crippen molar-refractivity contribution in [2.24, 2.45) is 17.4 Å². The highest BCUT2D eigenvalue weighted by Gasteiger charge is 2.31. The van der Waals surface area contributed by atoms with E-state index in [1.165, 1.54) is 11.8 Å². The van der Waals surface area contributed by atoms with Gasteiger partial charge in [0.1, 0.15) is 18.1 Å². The molecule has 1 aromatic heterocycles. The van der Waals surface area contributed by atoms with Crippen LogP contribution in [0.4, 0.5) is 0 Å². The number of hydrogen-bond acceptors (Lipinski definition) is 7. The number of carbonyl (C=O) groups is 5. The van der Waals surface area contributed by atoms with Crippen LogP contribution in [0.15, 0.2) is 30.5 Å². The van der Waals surface area contributed by atoms with E-state index in [0.717, 1.165) is 16.5 Å². The van der Waals surface area contributed by atoms with Gasteiger partial charge in [0.05, 0.1) is 6.04 Å². The first-order chi connectivity index (χ1) is 18.9. The van der Waals surface area contributed by atoms with Gasteiger partial charge in [-0.05, 0) is 48.8 Å². The lowest BCUT2D eigenvalue weighted by Crippen LogP contribution is -2.57. The van der Waals surface area contributed by atoms with Crippen LogP contribution in [-0.2, 0) is 30.4 Å². The Labute approximate surface area is 237 Å². The van der Waals surface area contributed by atoms with Crippen molar-refractivity contribution in [1.82, 2.24) is 20.9 Å². The average Bonchev–Trinajstić information content (AvgIpc) is 3.30. The normalized spacial score (nSPS) is 14.2. The Hall–Kier alpha value is -3.58. The summed E-state index contributed by atoms with van der Waals surface area (Å²) >= 11 is 1.47. The zero-order valence-electron chi connectivity index (χ0n) is 23.1. The Bertz CT molecular complexity index is 1190. The van der Waals surface area contributed by atoms with Gasteiger partial charge in [-0.2, -0.15) is 11.8 Å². The summed E-state index contributed by atoms with van der Waals surface area (Å²) in [6.45, 7) is 3.75. The largest absolute Gasteiger partial charge is 0.480 e. The monoisotopic (exact) mass is 576 g/mol. The number of fused-ring (bicyclic) bond motifs is 1. The van der Waals surface area contributed by atoms with E-state index in [4.69, 9.17) is 11.5 Å². The van der Waals surface area contributed by atoms with E-state index in [-0.39, 0.29) is 38.0 Å². The van der Waals surface area contributed by atoms with Crippen molar-refractivity contribution in [3.8, 4) is 0 Å². The maximum Gasteiger partial charge on any atom is 0.326 e. The molecule has 0 aliphatic rings. The molecule has 1 heterocycles. The first-order valence-corrected chi connectivity index (χ1v) is 14.5. The van der Waals surface area contributed by atoms with Crippen LogP contribution in [0.5, 0.6) is 0 Å². The third-order valence-electron chi connectivity index (χ3n) is 6.34. The van der Waals surface area contributed by atoms with Crippen LogP contribution in [0.3, 0.4) is 0 Å². The van der Waals surface area contributed by atoms with Crippen molar-refractivity contribution in [1.29, 1.82) is 0 Å². The summed E-state index contributed by atoms with van der Waals surface area (Å²) in [5.41, 5.74) is 12.6. The molecule has 0 saturated carbocycles. The minimum Gasteiger partial charge on any atom is -0.480 e. The number of carboxylic acid groups (broad SMARTS) is 1. The first kappa shape index (κ1) is 32.6.